The summed E-state index contributed by atoms with van der Waals surface area (Å²) in [5.74, 6) is 1.01. The van der Waals surface area contributed by atoms with Gasteiger partial charge < -0.3 is 4.74 Å². The van der Waals surface area contributed by atoms with Gasteiger partial charge in [0, 0.05) is 25.1 Å². The Bertz CT molecular complexity index is 710. The summed E-state index contributed by atoms with van der Waals surface area (Å²) >= 11 is 0. The maximum atomic E-state index is 12.5. The Morgan fingerprint density at radius 1 is 1.17 bits per heavy atom. The Kier molecular flexibility index (Phi) is 5.26. The van der Waals surface area contributed by atoms with Crippen molar-refractivity contribution in [3.63, 3.8) is 0 Å². The molecule has 0 saturated heterocycles. The van der Waals surface area contributed by atoms with Crippen LogP contribution in [0, 0.1) is 0 Å². The summed E-state index contributed by atoms with van der Waals surface area (Å²) in [7, 11) is 2.06. The first-order valence-corrected chi connectivity index (χ1v) is 8.09. The van der Waals surface area contributed by atoms with E-state index in [1.807, 2.05) is 18.2 Å². The van der Waals surface area contributed by atoms with E-state index in [0.29, 0.717) is 0 Å². The lowest BCUT2D eigenvalue weighted by molar-refractivity contribution is 0.151. The van der Waals surface area contributed by atoms with Crippen LogP contribution < -0.4 is 4.74 Å². The zero-order chi connectivity index (χ0) is 16.9. The fourth-order valence-electron chi connectivity index (χ4n) is 2.84. The Hall–Kier alpha value is -2.20. The molecule has 0 aromatic heterocycles. The minimum Gasteiger partial charge on any atom is -0.493 e. The van der Waals surface area contributed by atoms with Gasteiger partial charge in [-0.25, -0.2) is 8.78 Å². The molecule has 0 radical (unpaired) electrons. The third kappa shape index (κ3) is 4.20. The molecule has 1 aliphatic rings. The van der Waals surface area contributed by atoms with Gasteiger partial charge >= 0.3 is 0 Å². The lowest BCUT2D eigenvalue weighted by atomic mass is 10.1. The van der Waals surface area contributed by atoms with Crippen molar-refractivity contribution in [3.05, 3.63) is 70.8 Å². The number of ether oxygens (including phenoxy) is 1. The summed E-state index contributed by atoms with van der Waals surface area (Å²) in [6.07, 6.45) is 2.59. The predicted molar refractivity (Wildman–Crippen MR) is 92.4 cm³/mol. The molecule has 3 rings (SSSR count). The number of likely N-dealkylation sites (N-methyl/N-ethyl adjacent to an activating group) is 1. The van der Waals surface area contributed by atoms with Gasteiger partial charge in [-0.15, -0.1) is 0 Å². The van der Waals surface area contributed by atoms with Crippen LogP contribution in [0.5, 0.6) is 5.75 Å². The van der Waals surface area contributed by atoms with E-state index in [1.165, 1.54) is 23.3 Å². The summed E-state index contributed by atoms with van der Waals surface area (Å²) in [6, 6.07) is 12.8. The summed E-state index contributed by atoms with van der Waals surface area (Å²) in [4.78, 5) is 2.21. The maximum absolute atomic E-state index is 12.5. The normalized spacial score (nSPS) is 13.7. The number of benzene rings is 2. The average Bonchev–Trinajstić information content (AvgIpc) is 3.03. The number of rotatable bonds is 6. The van der Waals surface area contributed by atoms with Crippen molar-refractivity contribution >= 4 is 6.08 Å². The molecule has 0 aliphatic carbocycles. The molecule has 0 bridgehead atoms. The largest absolute Gasteiger partial charge is 0.493 e. The van der Waals surface area contributed by atoms with Crippen LogP contribution in [0.4, 0.5) is 8.78 Å². The topological polar surface area (TPSA) is 12.5 Å². The SMILES string of the molecule is CN(CC=Cc1ccc(C(F)F)cc1)Cc1ccc2c(c1)CCO2. The number of halogens is 2. The van der Waals surface area contributed by atoms with Crippen LogP contribution in [-0.4, -0.2) is 25.1 Å². The molecule has 0 saturated carbocycles. The first-order valence-electron chi connectivity index (χ1n) is 8.09. The minimum absolute atomic E-state index is 0.0601. The van der Waals surface area contributed by atoms with Gasteiger partial charge in [0.05, 0.1) is 6.61 Å². The van der Waals surface area contributed by atoms with E-state index in [1.54, 1.807) is 12.1 Å². The van der Waals surface area contributed by atoms with E-state index in [-0.39, 0.29) is 5.56 Å². The molecule has 1 heterocycles. The van der Waals surface area contributed by atoms with Gasteiger partial charge in [0.1, 0.15) is 5.75 Å². The van der Waals surface area contributed by atoms with Crippen molar-refractivity contribution in [2.75, 3.05) is 20.2 Å². The molecule has 2 aromatic carbocycles. The van der Waals surface area contributed by atoms with Gasteiger partial charge in [-0.1, -0.05) is 48.6 Å². The van der Waals surface area contributed by atoms with Crippen LogP contribution in [0.15, 0.2) is 48.5 Å². The summed E-state index contributed by atoms with van der Waals surface area (Å²) in [5, 5.41) is 0. The molecule has 2 aromatic rings. The second kappa shape index (κ2) is 7.58. The highest BCUT2D eigenvalue weighted by Gasteiger charge is 2.12. The Balaban J connectivity index is 1.52. The smallest absolute Gasteiger partial charge is 0.263 e. The quantitative estimate of drug-likeness (QED) is 0.761. The highest BCUT2D eigenvalue weighted by Crippen LogP contribution is 2.26. The molecule has 0 N–H and O–H groups in total. The lowest BCUT2D eigenvalue weighted by Gasteiger charge is -2.15. The molecule has 0 spiro atoms. The third-order valence-corrected chi connectivity index (χ3v) is 4.12. The van der Waals surface area contributed by atoms with Crippen LogP contribution in [0.1, 0.15) is 28.7 Å². The standard InChI is InChI=1S/C20H21F2NO/c1-23(14-16-6-9-19-18(13-16)10-12-24-19)11-2-3-15-4-7-17(8-5-15)20(21)22/h2-9,13,20H,10-12,14H2,1H3. The molecule has 0 unspecified atom stereocenters. The van der Waals surface area contributed by atoms with Crippen LogP contribution in [0.2, 0.25) is 0 Å². The van der Waals surface area contributed by atoms with Gasteiger partial charge in [0.25, 0.3) is 6.43 Å². The molecule has 0 fully saturated rings. The van der Waals surface area contributed by atoms with E-state index >= 15 is 0 Å². The average molecular weight is 329 g/mol. The summed E-state index contributed by atoms with van der Waals surface area (Å²) < 4.78 is 30.6. The van der Waals surface area contributed by atoms with E-state index < -0.39 is 6.43 Å². The predicted octanol–water partition coefficient (Wildman–Crippen LogP) is 4.70. The van der Waals surface area contributed by atoms with Gasteiger partial charge in [-0.2, -0.15) is 0 Å². The fourth-order valence-corrected chi connectivity index (χ4v) is 2.84. The molecule has 0 amide bonds. The summed E-state index contributed by atoms with van der Waals surface area (Å²) in [6.45, 7) is 2.44. The van der Waals surface area contributed by atoms with E-state index in [9.17, 15) is 8.78 Å². The molecule has 126 valence electrons. The molecule has 0 atom stereocenters. The Labute approximate surface area is 141 Å². The highest BCUT2D eigenvalue weighted by atomic mass is 19.3. The van der Waals surface area contributed by atoms with E-state index in [4.69, 9.17) is 4.74 Å². The second-order valence-electron chi connectivity index (χ2n) is 6.11. The zero-order valence-electron chi connectivity index (χ0n) is 13.7. The monoisotopic (exact) mass is 329 g/mol. The molecular weight excluding hydrogens is 308 g/mol. The van der Waals surface area contributed by atoms with E-state index in [2.05, 4.69) is 24.1 Å². The summed E-state index contributed by atoms with van der Waals surface area (Å²) in [5.41, 5.74) is 3.55. The number of hydrogen-bond acceptors (Lipinski definition) is 2. The first kappa shape index (κ1) is 16.7. The van der Waals surface area contributed by atoms with E-state index in [0.717, 1.165) is 37.4 Å². The molecular formula is C20H21F2NO. The fraction of sp³-hybridized carbons (Fsp3) is 0.300. The molecule has 1 aliphatic heterocycles. The van der Waals surface area contributed by atoms with Crippen LogP contribution in [0.3, 0.4) is 0 Å². The first-order chi connectivity index (χ1) is 11.6. The van der Waals surface area contributed by atoms with Gasteiger partial charge in [-0.3, -0.25) is 4.90 Å². The Morgan fingerprint density at radius 2 is 1.96 bits per heavy atom. The van der Waals surface area contributed by atoms with Crippen LogP contribution in [0.25, 0.3) is 6.08 Å². The molecule has 2 nitrogen and oxygen atoms in total. The lowest BCUT2D eigenvalue weighted by Crippen LogP contribution is -2.17. The number of nitrogens with zero attached hydrogens (tertiary/aromatic N) is 1. The third-order valence-electron chi connectivity index (χ3n) is 4.12. The number of alkyl halides is 2. The number of fused-ring (bicyclic) bond motifs is 1. The molecule has 4 heteroatoms. The van der Waals surface area contributed by atoms with Gasteiger partial charge in [0.15, 0.2) is 0 Å². The second-order valence-corrected chi connectivity index (χ2v) is 6.11. The van der Waals surface area contributed by atoms with Crippen molar-refractivity contribution in [3.8, 4) is 5.75 Å². The van der Waals surface area contributed by atoms with Crippen molar-refractivity contribution in [1.29, 1.82) is 0 Å². The van der Waals surface area contributed by atoms with Crippen LogP contribution >= 0.6 is 0 Å². The van der Waals surface area contributed by atoms with Crippen molar-refractivity contribution < 1.29 is 13.5 Å². The van der Waals surface area contributed by atoms with Crippen molar-refractivity contribution in [2.45, 2.75) is 19.4 Å². The maximum Gasteiger partial charge on any atom is 0.263 e. The van der Waals surface area contributed by atoms with Gasteiger partial charge in [0.2, 0.25) is 0 Å². The van der Waals surface area contributed by atoms with Crippen LogP contribution in [-0.2, 0) is 13.0 Å². The van der Waals surface area contributed by atoms with Gasteiger partial charge in [-0.05, 0) is 29.8 Å². The minimum atomic E-state index is -2.41. The van der Waals surface area contributed by atoms with Crippen molar-refractivity contribution in [1.82, 2.24) is 4.90 Å². The van der Waals surface area contributed by atoms with Crippen molar-refractivity contribution in [2.24, 2.45) is 0 Å². The highest BCUT2D eigenvalue weighted by molar-refractivity contribution is 5.50. The molecule has 24 heavy (non-hydrogen) atoms. The zero-order valence-corrected chi connectivity index (χ0v) is 13.7. The number of hydrogen-bond donors (Lipinski definition) is 0. The Morgan fingerprint density at radius 3 is 2.71 bits per heavy atom.